The van der Waals surface area contributed by atoms with Crippen molar-refractivity contribution >= 4 is 11.6 Å². The zero-order valence-corrected chi connectivity index (χ0v) is 10.4. The Morgan fingerprint density at radius 3 is 2.70 bits per heavy atom. The Labute approximate surface area is 114 Å². The Balaban J connectivity index is 1.76. The fourth-order valence-electron chi connectivity index (χ4n) is 1.73. The van der Waals surface area contributed by atoms with Crippen molar-refractivity contribution in [1.82, 2.24) is 19.4 Å². The average Bonchev–Trinajstić information content (AvgIpc) is 2.94. The minimum Gasteiger partial charge on any atom is -0.469 e. The molecule has 0 saturated carbocycles. The molecular weight excluding hydrogens is 258 g/mol. The zero-order valence-electron chi connectivity index (χ0n) is 10.4. The second-order valence-corrected chi connectivity index (χ2v) is 4.08. The fraction of sp³-hybridized carbons (Fsp3) is 0.0769. The lowest BCUT2D eigenvalue weighted by Gasteiger charge is -2.06. The summed E-state index contributed by atoms with van der Waals surface area (Å²) in [6.07, 6.45) is 8.32. The summed E-state index contributed by atoms with van der Waals surface area (Å²) >= 11 is 0. The van der Waals surface area contributed by atoms with Gasteiger partial charge in [-0.1, -0.05) is 0 Å². The molecule has 0 aromatic carbocycles. The second kappa shape index (κ2) is 4.96. The second-order valence-electron chi connectivity index (χ2n) is 4.08. The molecule has 100 valence electrons. The number of amides is 1. The quantitative estimate of drug-likeness (QED) is 0.755. The van der Waals surface area contributed by atoms with Crippen molar-refractivity contribution in [1.29, 1.82) is 0 Å². The molecule has 0 fully saturated rings. The lowest BCUT2D eigenvalue weighted by atomic mass is 10.2. The summed E-state index contributed by atoms with van der Waals surface area (Å²) in [4.78, 5) is 23.3. The number of imidazole rings is 1. The van der Waals surface area contributed by atoms with E-state index in [9.17, 15) is 4.79 Å². The maximum atomic E-state index is 10.9. The van der Waals surface area contributed by atoms with Gasteiger partial charge in [0, 0.05) is 31.0 Å². The Morgan fingerprint density at radius 1 is 1.20 bits per heavy atom. The van der Waals surface area contributed by atoms with E-state index in [-0.39, 0.29) is 6.61 Å². The summed E-state index contributed by atoms with van der Waals surface area (Å²) in [5, 5.41) is 0. The number of aromatic nitrogens is 4. The normalized spacial score (nSPS) is 10.6. The molecule has 1 amide bonds. The highest BCUT2D eigenvalue weighted by atomic mass is 16.5. The van der Waals surface area contributed by atoms with Gasteiger partial charge in [0.2, 0.25) is 5.91 Å². The molecule has 0 bridgehead atoms. The van der Waals surface area contributed by atoms with Crippen molar-refractivity contribution in [3.8, 4) is 5.88 Å². The summed E-state index contributed by atoms with van der Waals surface area (Å²) < 4.78 is 7.40. The van der Waals surface area contributed by atoms with Gasteiger partial charge >= 0.3 is 0 Å². The predicted octanol–water partition coefficient (Wildman–Crippen LogP) is 0.802. The van der Waals surface area contributed by atoms with Crippen LogP contribution in [0.25, 0.3) is 5.65 Å². The third-order valence-electron chi connectivity index (χ3n) is 2.75. The Hall–Kier alpha value is -2.96. The molecule has 0 aliphatic heterocycles. The molecule has 0 atom stereocenters. The van der Waals surface area contributed by atoms with Crippen molar-refractivity contribution in [3.63, 3.8) is 0 Å². The first-order chi connectivity index (χ1) is 9.74. The van der Waals surface area contributed by atoms with Gasteiger partial charge in [0.15, 0.2) is 5.65 Å². The predicted molar refractivity (Wildman–Crippen MR) is 70.1 cm³/mol. The number of pyridine rings is 1. The smallest absolute Gasteiger partial charge is 0.258 e. The van der Waals surface area contributed by atoms with Gasteiger partial charge in [-0.05, 0) is 12.1 Å². The van der Waals surface area contributed by atoms with Crippen LogP contribution in [-0.4, -0.2) is 25.3 Å². The summed E-state index contributed by atoms with van der Waals surface area (Å²) in [5.74, 6) is -0.0768. The van der Waals surface area contributed by atoms with Crippen LogP contribution in [0.1, 0.15) is 16.1 Å². The molecule has 0 unspecified atom stereocenters. The van der Waals surface area contributed by atoms with Gasteiger partial charge in [-0.15, -0.1) is 0 Å². The first-order valence-corrected chi connectivity index (χ1v) is 5.89. The van der Waals surface area contributed by atoms with Crippen molar-refractivity contribution in [2.75, 3.05) is 0 Å². The molecule has 3 aromatic rings. The van der Waals surface area contributed by atoms with Gasteiger partial charge in [-0.3, -0.25) is 9.78 Å². The number of primary amides is 1. The van der Waals surface area contributed by atoms with Crippen LogP contribution in [0.5, 0.6) is 5.88 Å². The fourth-order valence-corrected chi connectivity index (χ4v) is 1.73. The monoisotopic (exact) mass is 269 g/mol. The summed E-state index contributed by atoms with van der Waals surface area (Å²) in [6.45, 7) is 0.235. The van der Waals surface area contributed by atoms with Crippen molar-refractivity contribution in [2.45, 2.75) is 6.61 Å². The largest absolute Gasteiger partial charge is 0.469 e. The topological polar surface area (TPSA) is 95.4 Å². The van der Waals surface area contributed by atoms with Gasteiger partial charge in [0.1, 0.15) is 6.61 Å². The number of hydrogen-bond acceptors (Lipinski definition) is 5. The lowest BCUT2D eigenvalue weighted by Crippen LogP contribution is -2.11. The number of ether oxygens (including phenoxy) is 1. The first-order valence-electron chi connectivity index (χ1n) is 5.89. The molecule has 0 aliphatic carbocycles. The van der Waals surface area contributed by atoms with Crippen molar-refractivity contribution < 1.29 is 9.53 Å². The number of carbonyl (C=O) groups excluding carboxylic acids is 1. The minimum atomic E-state index is -0.506. The Kier molecular flexibility index (Phi) is 3.00. The molecule has 20 heavy (non-hydrogen) atoms. The number of hydrogen-bond donors (Lipinski definition) is 1. The minimum absolute atomic E-state index is 0.235. The van der Waals surface area contributed by atoms with E-state index in [1.807, 2.05) is 10.6 Å². The molecule has 7 heteroatoms. The molecule has 2 N–H and O–H groups in total. The van der Waals surface area contributed by atoms with E-state index >= 15 is 0 Å². The third kappa shape index (κ3) is 2.28. The van der Waals surface area contributed by atoms with Crippen LogP contribution in [0.4, 0.5) is 0 Å². The van der Waals surface area contributed by atoms with E-state index in [2.05, 4.69) is 15.0 Å². The maximum absolute atomic E-state index is 10.9. The molecule has 3 rings (SSSR count). The maximum Gasteiger partial charge on any atom is 0.258 e. The lowest BCUT2D eigenvalue weighted by molar-refractivity contribution is 0.1000. The Morgan fingerprint density at radius 2 is 2.00 bits per heavy atom. The molecule has 0 spiro atoms. The molecule has 0 saturated heterocycles. The van der Waals surface area contributed by atoms with E-state index in [1.54, 1.807) is 30.7 Å². The van der Waals surface area contributed by atoms with E-state index < -0.39 is 5.91 Å². The summed E-state index contributed by atoms with van der Waals surface area (Å²) in [7, 11) is 0. The highest BCUT2D eigenvalue weighted by Gasteiger charge is 2.06. The van der Waals surface area contributed by atoms with Crippen LogP contribution in [0.2, 0.25) is 0 Å². The van der Waals surface area contributed by atoms with Crippen LogP contribution < -0.4 is 10.5 Å². The van der Waals surface area contributed by atoms with Crippen molar-refractivity contribution in [2.24, 2.45) is 5.73 Å². The molecule has 0 radical (unpaired) electrons. The van der Waals surface area contributed by atoms with E-state index in [0.29, 0.717) is 22.8 Å². The van der Waals surface area contributed by atoms with Gasteiger partial charge in [0.25, 0.3) is 5.88 Å². The number of nitrogens with two attached hydrogens (primary N) is 1. The SMILES string of the molecule is NC(=O)c1ccc(COc2nccn3ccnc23)nc1. The molecular formula is C13H11N5O2. The number of carbonyl (C=O) groups is 1. The molecule has 3 heterocycles. The van der Waals surface area contributed by atoms with Crippen LogP contribution in [0, 0.1) is 0 Å². The van der Waals surface area contributed by atoms with Gasteiger partial charge < -0.3 is 14.9 Å². The highest BCUT2D eigenvalue weighted by Crippen LogP contribution is 2.14. The highest BCUT2D eigenvalue weighted by molar-refractivity contribution is 5.92. The standard InChI is InChI=1S/C13H11N5O2/c14-11(19)9-1-2-10(17-7-9)8-20-13-12-15-3-5-18(12)6-4-16-13/h1-7H,8H2,(H2,14,19). The average molecular weight is 269 g/mol. The van der Waals surface area contributed by atoms with E-state index in [0.717, 1.165) is 0 Å². The number of fused-ring (bicyclic) bond motifs is 1. The molecule has 0 aliphatic rings. The van der Waals surface area contributed by atoms with Crippen LogP contribution in [0.15, 0.2) is 43.1 Å². The number of nitrogens with zero attached hydrogens (tertiary/aromatic N) is 4. The number of rotatable bonds is 4. The third-order valence-corrected chi connectivity index (χ3v) is 2.75. The van der Waals surface area contributed by atoms with Gasteiger partial charge in [-0.25, -0.2) is 9.97 Å². The molecule has 7 nitrogen and oxygen atoms in total. The van der Waals surface area contributed by atoms with E-state index in [1.165, 1.54) is 6.20 Å². The summed E-state index contributed by atoms with van der Waals surface area (Å²) in [5.41, 5.74) is 6.82. The van der Waals surface area contributed by atoms with Crippen LogP contribution in [-0.2, 0) is 6.61 Å². The van der Waals surface area contributed by atoms with Crippen molar-refractivity contribution in [3.05, 3.63) is 54.4 Å². The summed E-state index contributed by atoms with van der Waals surface area (Å²) in [6, 6.07) is 3.29. The Bertz CT molecular complexity index is 751. The van der Waals surface area contributed by atoms with E-state index in [4.69, 9.17) is 10.5 Å². The first kappa shape index (κ1) is 12.1. The van der Waals surface area contributed by atoms with Gasteiger partial charge in [0.05, 0.1) is 11.3 Å². The zero-order chi connectivity index (χ0) is 13.9. The van der Waals surface area contributed by atoms with Crippen LogP contribution in [0.3, 0.4) is 0 Å². The molecule has 3 aromatic heterocycles. The van der Waals surface area contributed by atoms with Crippen LogP contribution >= 0.6 is 0 Å². The van der Waals surface area contributed by atoms with Gasteiger partial charge in [-0.2, -0.15) is 0 Å².